The molecule has 0 aliphatic rings. The Morgan fingerprint density at radius 3 is 2.50 bits per heavy atom. The van der Waals surface area contributed by atoms with Gasteiger partial charge < -0.3 is 15.0 Å². The van der Waals surface area contributed by atoms with E-state index in [2.05, 4.69) is 10.0 Å². The van der Waals surface area contributed by atoms with E-state index in [1.54, 1.807) is 20.9 Å². The summed E-state index contributed by atoms with van der Waals surface area (Å²) < 4.78 is 26.4. The van der Waals surface area contributed by atoms with Crippen molar-refractivity contribution in [1.82, 2.24) is 14.6 Å². The van der Waals surface area contributed by atoms with E-state index in [9.17, 15) is 23.1 Å². The Balaban J connectivity index is 2.84. The third-order valence-electron chi connectivity index (χ3n) is 3.05. The quantitative estimate of drug-likeness (QED) is 0.636. The number of carbonyl (C=O) groups excluding carboxylic acids is 1. The summed E-state index contributed by atoms with van der Waals surface area (Å²) in [5, 5.41) is 11.9. The van der Waals surface area contributed by atoms with Crippen LogP contribution >= 0.6 is 0 Å². The van der Waals surface area contributed by atoms with Gasteiger partial charge in [0.05, 0.1) is 12.8 Å². The van der Waals surface area contributed by atoms with Crippen LogP contribution < -0.4 is 15.5 Å². The van der Waals surface area contributed by atoms with Crippen LogP contribution in [-0.2, 0) is 28.4 Å². The SMILES string of the molecule is CC(C)[C@H](NS(C)(=O)=O)C(=O)NCc1cc(=O)c(O)cn1C. The highest BCUT2D eigenvalue weighted by atomic mass is 32.2. The molecule has 1 aromatic rings. The van der Waals surface area contributed by atoms with Gasteiger partial charge in [-0.05, 0) is 5.92 Å². The second-order valence-electron chi connectivity index (χ2n) is 5.45. The number of sulfonamides is 1. The lowest BCUT2D eigenvalue weighted by Crippen LogP contribution is -2.49. The molecular formula is C13H21N3O5S. The molecule has 22 heavy (non-hydrogen) atoms. The lowest BCUT2D eigenvalue weighted by Gasteiger charge is -2.21. The number of hydrogen-bond donors (Lipinski definition) is 3. The zero-order valence-electron chi connectivity index (χ0n) is 13.0. The summed E-state index contributed by atoms with van der Waals surface area (Å²) >= 11 is 0. The minimum absolute atomic E-state index is 0.0412. The minimum atomic E-state index is -3.52. The average molecular weight is 331 g/mol. The molecule has 1 aromatic heterocycles. The van der Waals surface area contributed by atoms with E-state index < -0.39 is 27.4 Å². The summed E-state index contributed by atoms with van der Waals surface area (Å²) in [6.45, 7) is 3.48. The molecule has 1 amide bonds. The molecule has 0 aliphatic heterocycles. The van der Waals surface area contributed by atoms with Crippen molar-refractivity contribution >= 4 is 15.9 Å². The first-order valence-electron chi connectivity index (χ1n) is 6.65. The second-order valence-corrected chi connectivity index (χ2v) is 7.23. The Kier molecular flexibility index (Phi) is 5.72. The number of aryl methyl sites for hydroxylation is 1. The number of nitrogens with zero attached hydrogens (tertiary/aromatic N) is 1. The summed E-state index contributed by atoms with van der Waals surface area (Å²) in [5.74, 6) is -1.10. The summed E-state index contributed by atoms with van der Waals surface area (Å²) in [4.78, 5) is 23.5. The highest BCUT2D eigenvalue weighted by Gasteiger charge is 2.25. The maximum Gasteiger partial charge on any atom is 0.238 e. The Bertz CT molecular complexity index is 709. The van der Waals surface area contributed by atoms with Crippen molar-refractivity contribution in [2.75, 3.05) is 6.26 Å². The molecular weight excluding hydrogens is 310 g/mol. The van der Waals surface area contributed by atoms with Crippen molar-refractivity contribution in [1.29, 1.82) is 0 Å². The van der Waals surface area contributed by atoms with Crippen LogP contribution in [0.25, 0.3) is 0 Å². The first-order valence-corrected chi connectivity index (χ1v) is 8.54. The molecule has 1 rings (SSSR count). The Morgan fingerprint density at radius 1 is 1.41 bits per heavy atom. The molecule has 0 spiro atoms. The van der Waals surface area contributed by atoms with Gasteiger partial charge in [0.2, 0.25) is 21.4 Å². The number of aromatic hydroxyl groups is 1. The van der Waals surface area contributed by atoms with Gasteiger partial charge in [-0.3, -0.25) is 9.59 Å². The average Bonchev–Trinajstić information content (AvgIpc) is 2.37. The molecule has 0 aliphatic carbocycles. The van der Waals surface area contributed by atoms with Crippen LogP contribution in [0, 0.1) is 5.92 Å². The fraction of sp³-hybridized carbons (Fsp3) is 0.538. The molecule has 9 heteroatoms. The lowest BCUT2D eigenvalue weighted by atomic mass is 10.1. The topological polar surface area (TPSA) is 118 Å². The number of rotatable bonds is 6. The molecule has 1 atom stereocenters. The fourth-order valence-corrected chi connectivity index (χ4v) is 2.68. The molecule has 0 aromatic carbocycles. The van der Waals surface area contributed by atoms with Crippen LogP contribution in [0.15, 0.2) is 17.1 Å². The molecule has 0 unspecified atom stereocenters. The van der Waals surface area contributed by atoms with E-state index in [1.807, 2.05) is 0 Å². The Hall–Kier alpha value is -1.87. The number of nitrogens with one attached hydrogen (secondary N) is 2. The van der Waals surface area contributed by atoms with Gasteiger partial charge in [-0.2, -0.15) is 0 Å². The number of pyridine rings is 1. The summed E-state index contributed by atoms with van der Waals surface area (Å²) in [6.07, 6.45) is 2.23. The number of amides is 1. The van der Waals surface area contributed by atoms with Crippen molar-refractivity contribution in [3.8, 4) is 5.75 Å². The van der Waals surface area contributed by atoms with E-state index in [4.69, 9.17) is 0 Å². The predicted octanol–water partition coefficient (Wildman–Crippen LogP) is -0.719. The van der Waals surface area contributed by atoms with E-state index in [0.29, 0.717) is 5.69 Å². The van der Waals surface area contributed by atoms with Crippen molar-refractivity contribution < 1.29 is 18.3 Å². The molecule has 124 valence electrons. The van der Waals surface area contributed by atoms with Gasteiger partial charge in [0.25, 0.3) is 0 Å². The third-order valence-corrected chi connectivity index (χ3v) is 3.74. The van der Waals surface area contributed by atoms with Gasteiger partial charge in [-0.25, -0.2) is 13.1 Å². The van der Waals surface area contributed by atoms with E-state index >= 15 is 0 Å². The van der Waals surface area contributed by atoms with Crippen molar-refractivity contribution in [3.05, 3.63) is 28.2 Å². The molecule has 0 saturated heterocycles. The molecule has 8 nitrogen and oxygen atoms in total. The molecule has 1 heterocycles. The van der Waals surface area contributed by atoms with E-state index in [0.717, 1.165) is 6.26 Å². The normalized spacial score (nSPS) is 13.1. The van der Waals surface area contributed by atoms with Crippen molar-refractivity contribution in [2.45, 2.75) is 26.4 Å². The fourth-order valence-electron chi connectivity index (χ4n) is 1.84. The van der Waals surface area contributed by atoms with Crippen LogP contribution in [0.3, 0.4) is 0 Å². The molecule has 0 saturated carbocycles. The van der Waals surface area contributed by atoms with Crippen molar-refractivity contribution in [3.63, 3.8) is 0 Å². The van der Waals surface area contributed by atoms with E-state index in [1.165, 1.54) is 16.8 Å². The summed E-state index contributed by atoms with van der Waals surface area (Å²) in [7, 11) is -1.90. The monoisotopic (exact) mass is 331 g/mol. The highest BCUT2D eigenvalue weighted by molar-refractivity contribution is 7.88. The zero-order valence-corrected chi connectivity index (χ0v) is 13.8. The summed E-state index contributed by atoms with van der Waals surface area (Å²) in [5.41, 5.74) is -0.0602. The molecule has 0 bridgehead atoms. The molecule has 0 fully saturated rings. The number of carbonyl (C=O) groups is 1. The molecule has 3 N–H and O–H groups in total. The maximum atomic E-state index is 12.1. The van der Waals surface area contributed by atoms with Gasteiger partial charge in [0.15, 0.2) is 5.75 Å². The van der Waals surface area contributed by atoms with Gasteiger partial charge >= 0.3 is 0 Å². The smallest absolute Gasteiger partial charge is 0.238 e. The third kappa shape index (κ3) is 5.15. The van der Waals surface area contributed by atoms with Crippen LogP contribution in [0.1, 0.15) is 19.5 Å². The zero-order chi connectivity index (χ0) is 17.1. The first-order chi connectivity index (χ1) is 10.0. The van der Waals surface area contributed by atoms with Crippen LogP contribution in [-0.4, -0.2) is 36.3 Å². The Labute approximate surface area is 129 Å². The minimum Gasteiger partial charge on any atom is -0.503 e. The molecule has 0 radical (unpaired) electrons. The van der Waals surface area contributed by atoms with Gasteiger partial charge in [0, 0.05) is 25.0 Å². The standard InChI is InChI=1S/C13H21N3O5S/c1-8(2)12(15-22(4,20)21)13(19)14-6-9-5-10(17)11(18)7-16(9)3/h5,7-8,12,15,18H,6H2,1-4H3,(H,14,19)/t12-/m0/s1. The lowest BCUT2D eigenvalue weighted by molar-refractivity contribution is -0.123. The Morgan fingerprint density at radius 2 is 2.00 bits per heavy atom. The maximum absolute atomic E-state index is 12.1. The van der Waals surface area contributed by atoms with Crippen LogP contribution in [0.4, 0.5) is 0 Å². The van der Waals surface area contributed by atoms with Crippen molar-refractivity contribution in [2.24, 2.45) is 13.0 Å². The second kappa shape index (κ2) is 6.93. The van der Waals surface area contributed by atoms with Gasteiger partial charge in [-0.15, -0.1) is 0 Å². The van der Waals surface area contributed by atoms with Gasteiger partial charge in [-0.1, -0.05) is 13.8 Å². The first kappa shape index (κ1) is 18.2. The number of hydrogen-bond acceptors (Lipinski definition) is 5. The van der Waals surface area contributed by atoms with Crippen LogP contribution in [0.2, 0.25) is 0 Å². The number of aromatic nitrogens is 1. The van der Waals surface area contributed by atoms with E-state index in [-0.39, 0.29) is 18.2 Å². The predicted molar refractivity (Wildman–Crippen MR) is 81.8 cm³/mol. The highest BCUT2D eigenvalue weighted by Crippen LogP contribution is 2.06. The summed E-state index contributed by atoms with van der Waals surface area (Å²) in [6, 6.07) is 0.313. The largest absolute Gasteiger partial charge is 0.503 e. The van der Waals surface area contributed by atoms with Crippen LogP contribution in [0.5, 0.6) is 5.75 Å². The van der Waals surface area contributed by atoms with Gasteiger partial charge in [0.1, 0.15) is 6.04 Å².